The average Bonchev–Trinajstić information content (AvgIpc) is 3.60. The lowest BCUT2D eigenvalue weighted by Crippen LogP contribution is -2.65. The van der Waals surface area contributed by atoms with Gasteiger partial charge in [-0.05, 0) is 110 Å². The number of hydrogen-bond acceptors (Lipinski definition) is 1. The first-order valence-corrected chi connectivity index (χ1v) is 21.3. The van der Waals surface area contributed by atoms with Crippen LogP contribution < -0.4 is 0 Å². The van der Waals surface area contributed by atoms with Crippen molar-refractivity contribution < 1.29 is 0 Å². The molecule has 4 aromatic rings. The van der Waals surface area contributed by atoms with Crippen LogP contribution >= 0.6 is 0 Å². The molecule has 2 saturated carbocycles. The fourth-order valence-corrected chi connectivity index (χ4v) is 17.5. The van der Waals surface area contributed by atoms with Gasteiger partial charge in [0.2, 0.25) is 0 Å². The van der Waals surface area contributed by atoms with Crippen LogP contribution in [0.2, 0.25) is 18.6 Å². The van der Waals surface area contributed by atoms with Crippen molar-refractivity contribution in [2.75, 3.05) is 0 Å². The van der Waals surface area contributed by atoms with Crippen LogP contribution in [-0.4, -0.2) is 28.9 Å². The van der Waals surface area contributed by atoms with Crippen LogP contribution in [0.25, 0.3) is 33.1 Å². The van der Waals surface area contributed by atoms with Crippen LogP contribution in [-0.2, 0) is 5.41 Å². The van der Waals surface area contributed by atoms with E-state index in [0.29, 0.717) is 11.8 Å². The Labute approximate surface area is 278 Å². The van der Waals surface area contributed by atoms with Crippen molar-refractivity contribution in [3.63, 3.8) is 0 Å². The first-order chi connectivity index (χ1) is 21.9. The Hall–Kier alpha value is -2.88. The molecule has 240 valence electrons. The van der Waals surface area contributed by atoms with Gasteiger partial charge >= 0.3 is 0 Å². The zero-order valence-corrected chi connectivity index (χ0v) is 30.5. The van der Waals surface area contributed by atoms with Gasteiger partial charge in [0, 0.05) is 33.5 Å². The van der Waals surface area contributed by atoms with E-state index in [0.717, 1.165) is 17.5 Å². The lowest BCUT2D eigenvalue weighted by Gasteiger charge is -2.56. The normalized spacial score (nSPS) is 26.3. The molecule has 46 heavy (non-hydrogen) atoms. The predicted molar refractivity (Wildman–Crippen MR) is 200 cm³/mol. The third-order valence-corrected chi connectivity index (χ3v) is 17.6. The van der Waals surface area contributed by atoms with E-state index >= 15 is 0 Å². The van der Waals surface area contributed by atoms with Crippen LogP contribution in [0, 0.1) is 17.8 Å². The van der Waals surface area contributed by atoms with Crippen molar-refractivity contribution in [3.05, 3.63) is 95.6 Å². The Bertz CT molecular complexity index is 1840. The topological polar surface area (TPSA) is 8.17 Å². The molecule has 3 aromatic carbocycles. The van der Waals surface area contributed by atoms with E-state index in [9.17, 15) is 0 Å². The Morgan fingerprint density at radius 2 is 1.46 bits per heavy atom. The van der Waals surface area contributed by atoms with Crippen LogP contribution in [0.3, 0.4) is 0 Å². The fraction of sp³-hybridized carbons (Fsp3) is 0.488. The van der Waals surface area contributed by atoms with Gasteiger partial charge in [-0.15, -0.1) is 0 Å². The van der Waals surface area contributed by atoms with E-state index in [4.69, 9.17) is 0 Å². The van der Waals surface area contributed by atoms with Gasteiger partial charge in [-0.25, -0.2) is 0 Å². The summed E-state index contributed by atoms with van der Waals surface area (Å²) in [5.74, 6) is 2.06. The van der Waals surface area contributed by atoms with Gasteiger partial charge in [0.05, 0.1) is 11.0 Å². The highest BCUT2D eigenvalue weighted by Crippen LogP contribution is 2.61. The number of benzene rings is 3. The number of hydrogen-bond donors (Lipinski definition) is 0. The third kappa shape index (κ3) is 4.44. The minimum Gasteiger partial charge on any atom is -0.316 e. The molecule has 1 heterocycles. The van der Waals surface area contributed by atoms with Crippen molar-refractivity contribution in [2.45, 2.75) is 116 Å². The Kier molecular flexibility index (Phi) is 6.99. The van der Waals surface area contributed by atoms with Crippen molar-refractivity contribution in [3.8, 4) is 5.69 Å². The van der Waals surface area contributed by atoms with Gasteiger partial charge in [-0.2, -0.15) is 0 Å². The molecular formula is C43H54N2Si. The van der Waals surface area contributed by atoms with Crippen LogP contribution in [0.1, 0.15) is 91.2 Å². The first-order valence-electron chi connectivity index (χ1n) is 18.3. The molecule has 0 amide bonds. The maximum Gasteiger partial charge on any atom is 0.127 e. The molecule has 1 aromatic heterocycles. The smallest absolute Gasteiger partial charge is 0.127 e. The van der Waals surface area contributed by atoms with E-state index in [-0.39, 0.29) is 11.0 Å². The number of rotatable bonds is 4. The highest BCUT2D eigenvalue weighted by Gasteiger charge is 2.55. The molecule has 0 bridgehead atoms. The number of fused-ring (bicyclic) bond motifs is 7. The molecule has 4 unspecified atom stereocenters. The lowest BCUT2D eigenvalue weighted by atomic mass is 9.76. The molecule has 2 fully saturated rings. The molecule has 0 radical (unpaired) electrons. The minimum atomic E-state index is -1.81. The molecule has 2 nitrogen and oxygen atoms in total. The molecule has 4 atom stereocenters. The molecule has 4 aliphatic carbocycles. The first kappa shape index (κ1) is 30.5. The quantitative estimate of drug-likeness (QED) is 0.205. The van der Waals surface area contributed by atoms with Gasteiger partial charge in [0.25, 0.3) is 0 Å². The maximum atomic E-state index is 3.13. The van der Waals surface area contributed by atoms with Crippen LogP contribution in [0.5, 0.6) is 0 Å². The van der Waals surface area contributed by atoms with Crippen LogP contribution in [0.4, 0.5) is 0 Å². The van der Waals surface area contributed by atoms with Crippen molar-refractivity contribution >= 4 is 35.6 Å². The van der Waals surface area contributed by atoms with Gasteiger partial charge in [0.15, 0.2) is 0 Å². The SMILES string of the molecule is CC1CC2C=C3C(=CC2C1[Si](C)(C)N(C1CCCCC1)C(C)(C)C)c1ccc(-n2c4ccccc4c4ccccc42)cc1C3(C)C. The van der Waals surface area contributed by atoms with Crippen molar-refractivity contribution in [1.29, 1.82) is 0 Å². The number of allylic oxidation sites excluding steroid dienone is 4. The molecule has 0 N–H and O–H groups in total. The summed E-state index contributed by atoms with van der Waals surface area (Å²) in [6.07, 6.45) is 13.9. The second-order valence-electron chi connectivity index (χ2n) is 17.4. The van der Waals surface area contributed by atoms with Crippen LogP contribution in [0.15, 0.2) is 84.5 Å². The van der Waals surface area contributed by atoms with E-state index in [1.807, 2.05) is 0 Å². The number of para-hydroxylation sites is 2. The minimum absolute atomic E-state index is 0.00524. The van der Waals surface area contributed by atoms with Gasteiger partial charge < -0.3 is 9.13 Å². The fourth-order valence-electron chi connectivity index (χ4n) is 11.5. The van der Waals surface area contributed by atoms with Gasteiger partial charge in [-0.3, -0.25) is 0 Å². The summed E-state index contributed by atoms with van der Waals surface area (Å²) in [4.78, 5) is 0. The maximum absolute atomic E-state index is 3.13. The lowest BCUT2D eigenvalue weighted by molar-refractivity contribution is 0.139. The molecule has 0 saturated heterocycles. The molecule has 0 aliphatic heterocycles. The molecule has 8 rings (SSSR count). The average molecular weight is 627 g/mol. The molecule has 4 aliphatic rings. The van der Waals surface area contributed by atoms with E-state index in [1.54, 1.807) is 11.1 Å². The molecule has 3 heteroatoms. The van der Waals surface area contributed by atoms with Gasteiger partial charge in [0.1, 0.15) is 8.24 Å². The largest absolute Gasteiger partial charge is 0.316 e. The predicted octanol–water partition coefficient (Wildman–Crippen LogP) is 11.7. The standard InChI is InChI=1S/C43H54N2Si/c1-28-24-29-25-37-36(27-35(29)41(28)46(7,8)45(42(2,3)4)30-16-10-9-11-17-30)32-23-22-31(26-38(32)43(37,5)6)44-39-20-14-12-18-33(39)34-19-13-15-21-40(34)44/h12-15,18-23,25-30,35,41H,9-11,16-17,24H2,1-8H3. The molecular weight excluding hydrogens is 573 g/mol. The summed E-state index contributed by atoms with van der Waals surface area (Å²) in [7, 11) is -1.81. The Morgan fingerprint density at radius 3 is 2.09 bits per heavy atom. The highest BCUT2D eigenvalue weighted by atomic mass is 28.3. The zero-order chi connectivity index (χ0) is 32.2. The monoisotopic (exact) mass is 626 g/mol. The summed E-state index contributed by atoms with van der Waals surface area (Å²) in [5, 5.41) is 2.66. The summed E-state index contributed by atoms with van der Waals surface area (Å²) in [6.45, 7) is 20.6. The Balaban J connectivity index is 1.22. The Morgan fingerprint density at radius 1 is 0.826 bits per heavy atom. The second-order valence-corrected chi connectivity index (χ2v) is 21.8. The van der Waals surface area contributed by atoms with E-state index in [2.05, 4.69) is 143 Å². The summed E-state index contributed by atoms with van der Waals surface area (Å²) in [6, 6.07) is 25.9. The van der Waals surface area contributed by atoms with E-state index in [1.165, 1.54) is 77.1 Å². The van der Waals surface area contributed by atoms with Crippen molar-refractivity contribution in [1.82, 2.24) is 9.13 Å². The summed E-state index contributed by atoms with van der Waals surface area (Å²) >= 11 is 0. The van der Waals surface area contributed by atoms with E-state index < -0.39 is 8.24 Å². The van der Waals surface area contributed by atoms with Gasteiger partial charge in [-0.1, -0.05) is 108 Å². The summed E-state index contributed by atoms with van der Waals surface area (Å²) < 4.78 is 5.61. The molecule has 0 spiro atoms. The second kappa shape index (κ2) is 10.6. The zero-order valence-electron chi connectivity index (χ0n) is 29.5. The summed E-state index contributed by atoms with van der Waals surface area (Å²) in [5.41, 5.74) is 10.9. The third-order valence-electron chi connectivity index (χ3n) is 12.8. The van der Waals surface area contributed by atoms with Crippen molar-refractivity contribution in [2.24, 2.45) is 17.8 Å². The highest BCUT2D eigenvalue weighted by molar-refractivity contribution is 6.76. The number of aromatic nitrogens is 1. The number of nitrogens with zero attached hydrogens (tertiary/aromatic N) is 2.